The molecule has 0 aromatic heterocycles. The van der Waals surface area contributed by atoms with Crippen molar-refractivity contribution >= 4 is 33.5 Å². The van der Waals surface area contributed by atoms with Crippen LogP contribution in [0.5, 0.6) is 11.5 Å². The van der Waals surface area contributed by atoms with Crippen molar-refractivity contribution < 1.29 is 14.3 Å². The monoisotopic (exact) mass is 477 g/mol. The fourth-order valence-corrected chi connectivity index (χ4v) is 3.79. The van der Waals surface area contributed by atoms with Crippen LogP contribution in [-0.2, 0) is 6.61 Å². The molecule has 0 saturated heterocycles. The van der Waals surface area contributed by atoms with E-state index in [0.29, 0.717) is 29.4 Å². The maximum atomic E-state index is 12.7. The van der Waals surface area contributed by atoms with Gasteiger partial charge >= 0.3 is 0 Å². The maximum Gasteiger partial charge on any atom is 0.231 e. The van der Waals surface area contributed by atoms with E-state index in [9.17, 15) is 4.79 Å². The van der Waals surface area contributed by atoms with E-state index < -0.39 is 0 Å². The summed E-state index contributed by atoms with van der Waals surface area (Å²) in [5, 5.41) is 0. The first-order valence-corrected chi connectivity index (χ1v) is 11.2. The van der Waals surface area contributed by atoms with Crippen LogP contribution >= 0.6 is 15.9 Å². The van der Waals surface area contributed by atoms with Crippen molar-refractivity contribution in [2.45, 2.75) is 20.5 Å². The summed E-state index contributed by atoms with van der Waals surface area (Å²) >= 11 is 3.43. The van der Waals surface area contributed by atoms with Crippen molar-refractivity contribution in [3.8, 4) is 11.5 Å². The number of halogens is 1. The second-order valence-corrected chi connectivity index (χ2v) is 8.19. The Hall–Kier alpha value is -3.05. The summed E-state index contributed by atoms with van der Waals surface area (Å²) in [5.74, 6) is 1.42. The third-order valence-corrected chi connectivity index (χ3v) is 5.81. The molecule has 0 fully saturated rings. The lowest BCUT2D eigenvalue weighted by molar-refractivity contribution is 0.101. The number of hydrogen-bond donors (Lipinski definition) is 0. The van der Waals surface area contributed by atoms with Crippen LogP contribution < -0.4 is 14.4 Å². The van der Waals surface area contributed by atoms with Crippen LogP contribution in [0.25, 0.3) is 6.08 Å². The summed E-state index contributed by atoms with van der Waals surface area (Å²) in [4.78, 5) is 15.0. The van der Waals surface area contributed by atoms with Crippen LogP contribution in [0, 0.1) is 0 Å². The Balaban J connectivity index is 1.46. The molecule has 3 aromatic rings. The molecule has 4 rings (SSSR count). The third-order valence-electron chi connectivity index (χ3n) is 5.28. The summed E-state index contributed by atoms with van der Waals surface area (Å²) in [6.45, 7) is 6.64. The zero-order valence-electron chi connectivity index (χ0n) is 17.6. The van der Waals surface area contributed by atoms with E-state index in [0.717, 1.165) is 28.7 Å². The van der Waals surface area contributed by atoms with Crippen molar-refractivity contribution in [3.05, 3.63) is 93.7 Å². The molecule has 0 radical (unpaired) electrons. The third kappa shape index (κ3) is 4.83. The lowest BCUT2D eigenvalue weighted by Gasteiger charge is -2.20. The lowest BCUT2D eigenvalue weighted by atomic mass is 10.1. The molecule has 0 atom stereocenters. The highest BCUT2D eigenvalue weighted by molar-refractivity contribution is 9.10. The number of carbonyl (C=O) groups is 1. The van der Waals surface area contributed by atoms with E-state index in [4.69, 9.17) is 9.47 Å². The Morgan fingerprint density at radius 1 is 0.968 bits per heavy atom. The number of nitrogens with zero attached hydrogens (tertiary/aromatic N) is 1. The Morgan fingerprint density at radius 3 is 2.35 bits per heavy atom. The second kappa shape index (κ2) is 9.40. The van der Waals surface area contributed by atoms with Gasteiger partial charge in [-0.3, -0.25) is 4.79 Å². The molecule has 0 spiro atoms. The molecule has 3 aromatic carbocycles. The number of carbonyl (C=O) groups excluding carboxylic acids is 1. The van der Waals surface area contributed by atoms with Gasteiger partial charge in [-0.2, -0.15) is 0 Å². The highest BCUT2D eigenvalue weighted by Gasteiger charge is 2.27. The minimum Gasteiger partial charge on any atom is -0.489 e. The SMILES string of the molecule is CCN(CC)c1ccc(/C=C2\Oc3cc(OCc4ccc(Br)cc4)ccc3C2=O)cc1. The minimum absolute atomic E-state index is 0.109. The van der Waals surface area contributed by atoms with Gasteiger partial charge in [0.25, 0.3) is 0 Å². The highest BCUT2D eigenvalue weighted by Crippen LogP contribution is 2.35. The van der Waals surface area contributed by atoms with Gasteiger partial charge < -0.3 is 14.4 Å². The van der Waals surface area contributed by atoms with Gasteiger partial charge in [-0.1, -0.05) is 40.2 Å². The molecule has 1 aliphatic heterocycles. The number of ether oxygens (including phenoxy) is 2. The number of hydrogen-bond acceptors (Lipinski definition) is 4. The van der Waals surface area contributed by atoms with Gasteiger partial charge in [-0.25, -0.2) is 0 Å². The van der Waals surface area contributed by atoms with Crippen LogP contribution in [0.2, 0.25) is 0 Å². The number of Topliss-reactive ketones (excluding diaryl/α,β-unsaturated/α-hetero) is 1. The lowest BCUT2D eigenvalue weighted by Crippen LogP contribution is -2.21. The summed E-state index contributed by atoms with van der Waals surface area (Å²) in [6.07, 6.45) is 1.79. The largest absolute Gasteiger partial charge is 0.489 e. The molecule has 0 aliphatic carbocycles. The summed E-state index contributed by atoms with van der Waals surface area (Å²) in [5.41, 5.74) is 3.72. The Kier molecular flexibility index (Phi) is 6.42. The molecule has 0 unspecified atom stereocenters. The summed E-state index contributed by atoms with van der Waals surface area (Å²) in [6, 6.07) is 21.5. The minimum atomic E-state index is -0.109. The van der Waals surface area contributed by atoms with Gasteiger partial charge in [-0.05, 0) is 67.4 Å². The zero-order valence-corrected chi connectivity index (χ0v) is 19.2. The van der Waals surface area contributed by atoms with E-state index in [-0.39, 0.29) is 5.78 Å². The first-order valence-electron chi connectivity index (χ1n) is 10.4. The molecule has 0 amide bonds. The Morgan fingerprint density at radius 2 is 1.68 bits per heavy atom. The van der Waals surface area contributed by atoms with Gasteiger partial charge in [-0.15, -0.1) is 0 Å². The average Bonchev–Trinajstić information content (AvgIpc) is 3.10. The molecule has 158 valence electrons. The number of benzene rings is 3. The van der Waals surface area contributed by atoms with Crippen LogP contribution in [0.3, 0.4) is 0 Å². The van der Waals surface area contributed by atoms with Gasteiger partial charge in [0.05, 0.1) is 5.56 Å². The van der Waals surface area contributed by atoms with Gasteiger partial charge in [0.2, 0.25) is 5.78 Å². The summed E-state index contributed by atoms with van der Waals surface area (Å²) < 4.78 is 12.8. The molecule has 1 heterocycles. The Labute approximate surface area is 191 Å². The zero-order chi connectivity index (χ0) is 21.8. The van der Waals surface area contributed by atoms with E-state index in [2.05, 4.69) is 46.8 Å². The first-order chi connectivity index (χ1) is 15.1. The van der Waals surface area contributed by atoms with Crippen molar-refractivity contribution in [1.82, 2.24) is 0 Å². The predicted molar refractivity (Wildman–Crippen MR) is 128 cm³/mol. The number of allylic oxidation sites excluding steroid dienone is 1. The molecule has 0 bridgehead atoms. The smallest absolute Gasteiger partial charge is 0.231 e. The van der Waals surface area contributed by atoms with Gasteiger partial charge in [0.15, 0.2) is 5.76 Å². The van der Waals surface area contributed by atoms with Crippen molar-refractivity contribution in [2.75, 3.05) is 18.0 Å². The topological polar surface area (TPSA) is 38.8 Å². The molecule has 0 saturated carbocycles. The number of ketones is 1. The fraction of sp³-hybridized carbons (Fsp3) is 0.192. The van der Waals surface area contributed by atoms with E-state index in [1.807, 2.05) is 36.4 Å². The van der Waals surface area contributed by atoms with E-state index in [1.54, 1.807) is 24.3 Å². The molecular weight excluding hydrogens is 454 g/mol. The highest BCUT2D eigenvalue weighted by atomic mass is 79.9. The summed E-state index contributed by atoms with van der Waals surface area (Å²) in [7, 11) is 0. The average molecular weight is 478 g/mol. The number of rotatable bonds is 7. The van der Waals surface area contributed by atoms with Crippen LogP contribution in [0.1, 0.15) is 35.3 Å². The molecule has 1 aliphatic rings. The Bertz CT molecular complexity index is 1100. The fourth-order valence-electron chi connectivity index (χ4n) is 3.53. The molecule has 0 N–H and O–H groups in total. The predicted octanol–water partition coefficient (Wildman–Crippen LogP) is 6.49. The quantitative estimate of drug-likeness (QED) is 0.364. The van der Waals surface area contributed by atoms with E-state index >= 15 is 0 Å². The molecule has 5 heteroatoms. The number of fused-ring (bicyclic) bond motifs is 1. The second-order valence-electron chi connectivity index (χ2n) is 7.28. The van der Waals surface area contributed by atoms with Crippen LogP contribution in [0.4, 0.5) is 5.69 Å². The molecule has 31 heavy (non-hydrogen) atoms. The van der Waals surface area contributed by atoms with E-state index in [1.165, 1.54) is 5.69 Å². The number of anilines is 1. The van der Waals surface area contributed by atoms with Crippen molar-refractivity contribution in [2.24, 2.45) is 0 Å². The maximum absolute atomic E-state index is 12.7. The van der Waals surface area contributed by atoms with Gasteiger partial charge in [0.1, 0.15) is 18.1 Å². The van der Waals surface area contributed by atoms with Crippen LogP contribution in [0.15, 0.2) is 77.0 Å². The van der Waals surface area contributed by atoms with Gasteiger partial charge in [0, 0.05) is 29.3 Å². The molecule has 4 nitrogen and oxygen atoms in total. The standard InChI is InChI=1S/C26H24BrNO3/c1-3-28(4-2)21-11-7-18(8-12-21)15-25-26(29)23-14-13-22(16-24(23)31-25)30-17-19-5-9-20(27)10-6-19/h5-16H,3-4,17H2,1-2H3/b25-15-. The van der Waals surface area contributed by atoms with Crippen molar-refractivity contribution in [1.29, 1.82) is 0 Å². The first kappa shape index (κ1) is 21.2. The normalized spacial score (nSPS) is 13.8. The molecular formula is C26H24BrNO3. The van der Waals surface area contributed by atoms with Crippen molar-refractivity contribution in [3.63, 3.8) is 0 Å². The van der Waals surface area contributed by atoms with Crippen LogP contribution in [-0.4, -0.2) is 18.9 Å².